The van der Waals surface area contributed by atoms with Crippen LogP contribution in [0.2, 0.25) is 0 Å². The van der Waals surface area contributed by atoms with Crippen molar-refractivity contribution >= 4 is 11.7 Å². The van der Waals surface area contributed by atoms with Crippen molar-refractivity contribution in [3.8, 4) is 5.75 Å². The fraction of sp³-hybridized carbons (Fsp3) is 0.250. The first-order chi connectivity index (χ1) is 7.84. The average Bonchev–Trinajstić information content (AvgIpc) is 2.15. The maximum Gasteiger partial charge on any atom is 0.318 e. The van der Waals surface area contributed by atoms with Crippen LogP contribution in [-0.4, -0.2) is 26.1 Å². The minimum atomic E-state index is -3.19. The molecule has 92 valence electrons. The molecule has 0 aliphatic carbocycles. The zero-order chi connectivity index (χ0) is 13.2. The highest BCUT2D eigenvalue weighted by Crippen LogP contribution is 2.36. The Balaban J connectivity index is 3.39. The van der Waals surface area contributed by atoms with Gasteiger partial charge in [-0.2, -0.15) is 0 Å². The molecule has 0 saturated carbocycles. The molecule has 0 unspecified atom stereocenters. The molecule has 9 heteroatoms. The molecule has 0 aromatic carbocycles. The van der Waals surface area contributed by atoms with Gasteiger partial charge in [0.25, 0.3) is 6.43 Å². The zero-order valence-electron chi connectivity index (χ0n) is 8.13. The molecule has 0 aliphatic heterocycles. The zero-order valence-corrected chi connectivity index (χ0v) is 8.13. The maximum absolute atomic E-state index is 12.3. The fourth-order valence-corrected chi connectivity index (χ4v) is 1.20. The number of alkyl halides is 2. The van der Waals surface area contributed by atoms with E-state index in [-0.39, 0.29) is 0 Å². The summed E-state index contributed by atoms with van der Waals surface area (Å²) in [5, 5.41) is 28.3. The largest absolute Gasteiger partial charge is 0.501 e. The number of hydrogen-bond acceptors (Lipinski definition) is 5. The van der Waals surface area contributed by atoms with Crippen LogP contribution in [0.15, 0.2) is 6.20 Å². The Hall–Kier alpha value is -2.32. The molecule has 0 radical (unpaired) electrons. The van der Waals surface area contributed by atoms with E-state index in [2.05, 4.69) is 4.98 Å². The van der Waals surface area contributed by atoms with Crippen molar-refractivity contribution < 1.29 is 28.7 Å². The third kappa shape index (κ3) is 2.62. The van der Waals surface area contributed by atoms with Gasteiger partial charge in [-0.05, 0) is 0 Å². The molecule has 2 N–H and O–H groups in total. The second kappa shape index (κ2) is 4.68. The van der Waals surface area contributed by atoms with Crippen LogP contribution in [0.1, 0.15) is 17.7 Å². The summed E-state index contributed by atoms with van der Waals surface area (Å²) in [6, 6.07) is 0. The summed E-state index contributed by atoms with van der Waals surface area (Å²) < 4.78 is 24.6. The molecule has 0 amide bonds. The first-order valence-corrected chi connectivity index (χ1v) is 4.19. The highest BCUT2D eigenvalue weighted by Gasteiger charge is 2.28. The predicted molar refractivity (Wildman–Crippen MR) is 48.9 cm³/mol. The van der Waals surface area contributed by atoms with Crippen LogP contribution in [0, 0.1) is 10.1 Å². The Bertz CT molecular complexity index is 477. The maximum atomic E-state index is 12.3. The highest BCUT2D eigenvalue weighted by molar-refractivity contribution is 5.73. The molecule has 1 rings (SSSR count). The Morgan fingerprint density at radius 3 is 2.59 bits per heavy atom. The molecule has 0 bridgehead atoms. The number of aromatic nitrogens is 1. The highest BCUT2D eigenvalue weighted by atomic mass is 19.3. The first kappa shape index (κ1) is 12.7. The molecular weight excluding hydrogens is 242 g/mol. The standard InChI is InChI=1S/C8H6F2N2O5/c9-8(10)5-7(15)6(12(16)17)3(2-11-5)1-4(13)14/h2,8,15H,1H2,(H,13,14). The van der Waals surface area contributed by atoms with Gasteiger partial charge in [0, 0.05) is 6.20 Å². The number of halogens is 2. The van der Waals surface area contributed by atoms with E-state index in [0.29, 0.717) is 6.20 Å². The second-order valence-electron chi connectivity index (χ2n) is 2.99. The minimum absolute atomic E-state index is 0.440. The number of carbonyl (C=O) groups is 1. The molecular formula is C8H6F2N2O5. The molecule has 17 heavy (non-hydrogen) atoms. The summed E-state index contributed by atoms with van der Waals surface area (Å²) in [6.07, 6.45) is -3.33. The monoisotopic (exact) mass is 248 g/mol. The number of rotatable bonds is 4. The summed E-state index contributed by atoms with van der Waals surface area (Å²) in [6.45, 7) is 0. The lowest BCUT2D eigenvalue weighted by atomic mass is 10.1. The Kier molecular flexibility index (Phi) is 3.51. The summed E-state index contributed by atoms with van der Waals surface area (Å²) in [5.41, 5.74) is -2.65. The molecule has 0 saturated heterocycles. The number of carboxylic acid groups (broad SMARTS) is 1. The topological polar surface area (TPSA) is 114 Å². The molecule has 0 aliphatic rings. The van der Waals surface area contributed by atoms with Gasteiger partial charge in [-0.3, -0.25) is 19.9 Å². The lowest BCUT2D eigenvalue weighted by Gasteiger charge is -2.06. The van der Waals surface area contributed by atoms with Crippen LogP contribution in [0.4, 0.5) is 14.5 Å². The van der Waals surface area contributed by atoms with E-state index in [1.807, 2.05) is 0 Å². The number of aromatic hydroxyl groups is 1. The number of aliphatic carboxylic acids is 1. The number of pyridine rings is 1. The summed E-state index contributed by atoms with van der Waals surface area (Å²) >= 11 is 0. The quantitative estimate of drug-likeness (QED) is 0.612. The summed E-state index contributed by atoms with van der Waals surface area (Å²) in [4.78, 5) is 23.0. The van der Waals surface area contributed by atoms with Crippen LogP contribution in [0.5, 0.6) is 5.75 Å². The van der Waals surface area contributed by atoms with E-state index >= 15 is 0 Å². The summed E-state index contributed by atoms with van der Waals surface area (Å²) in [5.74, 6) is -2.71. The van der Waals surface area contributed by atoms with Crippen molar-refractivity contribution in [3.63, 3.8) is 0 Å². The third-order valence-corrected chi connectivity index (χ3v) is 1.86. The van der Waals surface area contributed by atoms with E-state index in [0.717, 1.165) is 0 Å². The minimum Gasteiger partial charge on any atom is -0.501 e. The first-order valence-electron chi connectivity index (χ1n) is 4.19. The average molecular weight is 248 g/mol. The molecule has 1 heterocycles. The third-order valence-electron chi connectivity index (χ3n) is 1.86. The lowest BCUT2D eigenvalue weighted by molar-refractivity contribution is -0.386. The van der Waals surface area contributed by atoms with Crippen LogP contribution >= 0.6 is 0 Å². The van der Waals surface area contributed by atoms with E-state index in [9.17, 15) is 28.8 Å². The van der Waals surface area contributed by atoms with Gasteiger partial charge in [-0.15, -0.1) is 0 Å². The molecule has 1 aromatic rings. The number of nitrogens with zero attached hydrogens (tertiary/aromatic N) is 2. The van der Waals surface area contributed by atoms with Gasteiger partial charge in [0.15, 0.2) is 5.69 Å². The molecule has 7 nitrogen and oxygen atoms in total. The molecule has 0 fully saturated rings. The Labute approximate surface area is 92.5 Å². The normalized spacial score (nSPS) is 10.5. The fourth-order valence-electron chi connectivity index (χ4n) is 1.20. The van der Waals surface area contributed by atoms with Crippen molar-refractivity contribution in [1.82, 2.24) is 4.98 Å². The molecule has 0 spiro atoms. The van der Waals surface area contributed by atoms with Gasteiger partial charge in [0.2, 0.25) is 5.75 Å². The van der Waals surface area contributed by atoms with Crippen LogP contribution in [-0.2, 0) is 11.2 Å². The van der Waals surface area contributed by atoms with Gasteiger partial charge in [0.1, 0.15) is 0 Å². The summed E-state index contributed by atoms with van der Waals surface area (Å²) in [7, 11) is 0. The van der Waals surface area contributed by atoms with Crippen LogP contribution in [0.3, 0.4) is 0 Å². The van der Waals surface area contributed by atoms with E-state index < -0.39 is 46.4 Å². The SMILES string of the molecule is O=C(O)Cc1cnc(C(F)F)c(O)c1[N+](=O)[O-]. The molecule has 0 atom stereocenters. The van der Waals surface area contributed by atoms with Crippen molar-refractivity contribution in [1.29, 1.82) is 0 Å². The van der Waals surface area contributed by atoms with Crippen molar-refractivity contribution in [2.45, 2.75) is 12.8 Å². The van der Waals surface area contributed by atoms with Gasteiger partial charge in [-0.1, -0.05) is 0 Å². The van der Waals surface area contributed by atoms with Crippen LogP contribution < -0.4 is 0 Å². The van der Waals surface area contributed by atoms with Crippen LogP contribution in [0.25, 0.3) is 0 Å². The second-order valence-corrected chi connectivity index (χ2v) is 2.99. The smallest absolute Gasteiger partial charge is 0.318 e. The predicted octanol–water partition coefficient (Wildman–Crippen LogP) is 1.26. The van der Waals surface area contributed by atoms with E-state index in [1.54, 1.807) is 0 Å². The number of nitro groups is 1. The van der Waals surface area contributed by atoms with Crippen molar-refractivity contribution in [2.75, 3.05) is 0 Å². The van der Waals surface area contributed by atoms with Gasteiger partial charge in [0.05, 0.1) is 16.9 Å². The van der Waals surface area contributed by atoms with Gasteiger partial charge in [-0.25, -0.2) is 8.78 Å². The van der Waals surface area contributed by atoms with Gasteiger partial charge >= 0.3 is 11.7 Å². The number of hydrogen-bond donors (Lipinski definition) is 2. The van der Waals surface area contributed by atoms with E-state index in [4.69, 9.17) is 5.11 Å². The lowest BCUT2D eigenvalue weighted by Crippen LogP contribution is -2.06. The molecule has 1 aromatic heterocycles. The number of carboxylic acids is 1. The van der Waals surface area contributed by atoms with Crippen molar-refractivity contribution in [2.24, 2.45) is 0 Å². The Morgan fingerprint density at radius 2 is 2.18 bits per heavy atom. The van der Waals surface area contributed by atoms with Crippen molar-refractivity contribution in [3.05, 3.63) is 27.6 Å². The van der Waals surface area contributed by atoms with E-state index in [1.165, 1.54) is 0 Å². The Morgan fingerprint density at radius 1 is 1.59 bits per heavy atom. The van der Waals surface area contributed by atoms with Gasteiger partial charge < -0.3 is 10.2 Å².